The molecule has 1 fully saturated rings. The van der Waals surface area contributed by atoms with Crippen molar-refractivity contribution in [2.24, 2.45) is 0 Å². The first kappa shape index (κ1) is 11.5. The number of nitrogen functional groups attached to an aromatic ring is 1. The molecule has 1 unspecified atom stereocenters. The molecular formula is C13H18N4O. The Kier molecular flexibility index (Phi) is 3.15. The smallest absolute Gasteiger partial charge is 0.160 e. The summed E-state index contributed by atoms with van der Waals surface area (Å²) in [7, 11) is 0. The lowest BCUT2D eigenvalue weighted by Gasteiger charge is -2.21. The van der Waals surface area contributed by atoms with Gasteiger partial charge in [0.15, 0.2) is 5.65 Å². The van der Waals surface area contributed by atoms with Gasteiger partial charge in [-0.3, -0.25) is 4.40 Å². The number of nitrogens with zero attached hydrogens (tertiary/aromatic N) is 3. The van der Waals surface area contributed by atoms with E-state index >= 15 is 0 Å². The van der Waals surface area contributed by atoms with Crippen molar-refractivity contribution in [3.8, 4) is 0 Å². The van der Waals surface area contributed by atoms with E-state index in [0.717, 1.165) is 36.6 Å². The summed E-state index contributed by atoms with van der Waals surface area (Å²) in [5.74, 6) is 0.964. The third kappa shape index (κ3) is 2.31. The minimum Gasteiger partial charge on any atom is -0.398 e. The van der Waals surface area contributed by atoms with Crippen LogP contribution in [0.2, 0.25) is 0 Å². The van der Waals surface area contributed by atoms with Gasteiger partial charge in [-0.25, -0.2) is 0 Å². The lowest BCUT2D eigenvalue weighted by molar-refractivity contribution is 0.0112. The van der Waals surface area contributed by atoms with Crippen LogP contribution in [0.3, 0.4) is 0 Å². The van der Waals surface area contributed by atoms with Crippen molar-refractivity contribution in [1.29, 1.82) is 0 Å². The molecule has 18 heavy (non-hydrogen) atoms. The normalized spacial score (nSPS) is 20.3. The number of anilines is 1. The monoisotopic (exact) mass is 246 g/mol. The van der Waals surface area contributed by atoms with Gasteiger partial charge in [0.2, 0.25) is 0 Å². The first-order valence-electron chi connectivity index (χ1n) is 6.54. The molecule has 0 radical (unpaired) electrons. The number of ether oxygens (including phenoxy) is 1. The number of hydrogen-bond donors (Lipinski definition) is 1. The van der Waals surface area contributed by atoms with Crippen LogP contribution in [-0.4, -0.2) is 27.3 Å². The molecule has 1 saturated heterocycles. The second-order valence-electron chi connectivity index (χ2n) is 4.83. The summed E-state index contributed by atoms with van der Waals surface area (Å²) in [5, 5.41) is 8.36. The highest BCUT2D eigenvalue weighted by Crippen LogP contribution is 2.18. The first-order valence-corrected chi connectivity index (χ1v) is 6.54. The van der Waals surface area contributed by atoms with Crippen LogP contribution in [0.5, 0.6) is 0 Å². The summed E-state index contributed by atoms with van der Waals surface area (Å²) in [4.78, 5) is 0. The minimum absolute atomic E-state index is 0.382. The zero-order valence-electron chi connectivity index (χ0n) is 10.4. The summed E-state index contributed by atoms with van der Waals surface area (Å²) in [6.07, 6.45) is 7.79. The van der Waals surface area contributed by atoms with Gasteiger partial charge in [0.1, 0.15) is 5.82 Å². The quantitative estimate of drug-likeness (QED) is 0.897. The Balaban J connectivity index is 1.72. The number of aryl methyl sites for hydroxylation is 1. The fourth-order valence-electron chi connectivity index (χ4n) is 2.45. The van der Waals surface area contributed by atoms with Gasteiger partial charge in [0.25, 0.3) is 0 Å². The highest BCUT2D eigenvalue weighted by Gasteiger charge is 2.15. The van der Waals surface area contributed by atoms with Crippen molar-refractivity contribution in [2.75, 3.05) is 12.3 Å². The van der Waals surface area contributed by atoms with Crippen LogP contribution in [0.25, 0.3) is 5.65 Å². The molecule has 5 nitrogen and oxygen atoms in total. The van der Waals surface area contributed by atoms with Crippen LogP contribution in [-0.2, 0) is 11.2 Å². The zero-order valence-corrected chi connectivity index (χ0v) is 10.4. The van der Waals surface area contributed by atoms with Crippen LogP contribution < -0.4 is 5.73 Å². The number of rotatable bonds is 3. The average molecular weight is 246 g/mol. The molecule has 0 bridgehead atoms. The third-order valence-electron chi connectivity index (χ3n) is 3.46. The Labute approximate surface area is 106 Å². The summed E-state index contributed by atoms with van der Waals surface area (Å²) < 4.78 is 7.70. The predicted molar refractivity (Wildman–Crippen MR) is 69.3 cm³/mol. The van der Waals surface area contributed by atoms with Gasteiger partial charge in [-0.1, -0.05) is 0 Å². The molecule has 1 aliphatic heterocycles. The Morgan fingerprint density at radius 1 is 1.33 bits per heavy atom. The Morgan fingerprint density at radius 2 is 2.28 bits per heavy atom. The lowest BCUT2D eigenvalue weighted by Crippen LogP contribution is -2.19. The summed E-state index contributed by atoms with van der Waals surface area (Å²) in [5.41, 5.74) is 7.37. The third-order valence-corrected chi connectivity index (χ3v) is 3.46. The van der Waals surface area contributed by atoms with E-state index < -0.39 is 0 Å². The number of hydrogen-bond acceptors (Lipinski definition) is 4. The van der Waals surface area contributed by atoms with Crippen LogP contribution in [0.4, 0.5) is 5.69 Å². The molecule has 1 atom stereocenters. The number of aromatic nitrogens is 3. The Morgan fingerprint density at radius 3 is 3.11 bits per heavy atom. The summed E-state index contributed by atoms with van der Waals surface area (Å²) in [6.45, 7) is 0.901. The molecule has 0 spiro atoms. The molecule has 2 N–H and O–H groups in total. The van der Waals surface area contributed by atoms with Crippen molar-refractivity contribution in [1.82, 2.24) is 14.6 Å². The topological polar surface area (TPSA) is 65.4 Å². The number of fused-ring (bicyclic) bond motifs is 1. The van der Waals surface area contributed by atoms with E-state index in [1.54, 1.807) is 0 Å². The summed E-state index contributed by atoms with van der Waals surface area (Å²) >= 11 is 0. The number of nitrogens with two attached hydrogens (primary N) is 1. The molecule has 0 aliphatic carbocycles. The predicted octanol–water partition coefficient (Wildman–Crippen LogP) is 1.81. The van der Waals surface area contributed by atoms with E-state index in [1.165, 1.54) is 19.3 Å². The number of pyridine rings is 1. The van der Waals surface area contributed by atoms with E-state index in [2.05, 4.69) is 10.2 Å². The fraction of sp³-hybridized carbons (Fsp3) is 0.538. The van der Waals surface area contributed by atoms with E-state index in [0.29, 0.717) is 6.10 Å². The SMILES string of the molecule is Nc1ccc2nnc(CCC3CCCCO3)n2c1. The van der Waals surface area contributed by atoms with Crippen LogP contribution >= 0.6 is 0 Å². The summed E-state index contributed by atoms with van der Waals surface area (Å²) in [6, 6.07) is 3.74. The van der Waals surface area contributed by atoms with Crippen molar-refractivity contribution < 1.29 is 4.74 Å². The van der Waals surface area contributed by atoms with Gasteiger partial charge in [0.05, 0.1) is 6.10 Å². The van der Waals surface area contributed by atoms with Gasteiger partial charge in [-0.15, -0.1) is 10.2 Å². The molecule has 1 aliphatic rings. The molecule has 96 valence electrons. The van der Waals surface area contributed by atoms with Crippen LogP contribution in [0.15, 0.2) is 18.3 Å². The Bertz CT molecular complexity index is 531. The molecule has 0 amide bonds. The van der Waals surface area contributed by atoms with Crippen molar-refractivity contribution in [3.05, 3.63) is 24.2 Å². The second-order valence-corrected chi connectivity index (χ2v) is 4.83. The first-order chi connectivity index (χ1) is 8.83. The fourth-order valence-corrected chi connectivity index (χ4v) is 2.45. The van der Waals surface area contributed by atoms with Crippen LogP contribution in [0, 0.1) is 0 Å². The molecular weight excluding hydrogens is 228 g/mol. The maximum absolute atomic E-state index is 5.79. The van der Waals surface area contributed by atoms with Gasteiger partial charge in [-0.05, 0) is 37.8 Å². The van der Waals surface area contributed by atoms with Gasteiger partial charge < -0.3 is 10.5 Å². The molecule has 3 heterocycles. The molecule has 2 aromatic rings. The largest absolute Gasteiger partial charge is 0.398 e. The highest BCUT2D eigenvalue weighted by atomic mass is 16.5. The van der Waals surface area contributed by atoms with Crippen molar-refractivity contribution >= 4 is 11.3 Å². The molecule has 0 aromatic carbocycles. The molecule has 0 saturated carbocycles. The van der Waals surface area contributed by atoms with Gasteiger partial charge in [-0.2, -0.15) is 0 Å². The van der Waals surface area contributed by atoms with E-state index in [1.807, 2.05) is 22.7 Å². The highest BCUT2D eigenvalue weighted by molar-refractivity contribution is 5.47. The van der Waals surface area contributed by atoms with E-state index in [4.69, 9.17) is 10.5 Å². The van der Waals surface area contributed by atoms with Crippen LogP contribution in [0.1, 0.15) is 31.5 Å². The minimum atomic E-state index is 0.382. The van der Waals surface area contributed by atoms with Crippen molar-refractivity contribution in [2.45, 2.75) is 38.2 Å². The molecule has 3 rings (SSSR count). The molecule has 5 heteroatoms. The maximum Gasteiger partial charge on any atom is 0.160 e. The maximum atomic E-state index is 5.79. The van der Waals surface area contributed by atoms with Gasteiger partial charge in [0, 0.05) is 24.9 Å². The second kappa shape index (κ2) is 4.94. The van der Waals surface area contributed by atoms with E-state index in [9.17, 15) is 0 Å². The standard InChI is InChI=1S/C13H18N4O/c14-10-4-6-12-15-16-13(17(12)9-10)7-5-11-3-1-2-8-18-11/h4,6,9,11H,1-3,5,7-8,14H2. The van der Waals surface area contributed by atoms with E-state index in [-0.39, 0.29) is 0 Å². The zero-order chi connectivity index (χ0) is 12.4. The molecule has 2 aromatic heterocycles. The van der Waals surface area contributed by atoms with Crippen molar-refractivity contribution in [3.63, 3.8) is 0 Å². The lowest BCUT2D eigenvalue weighted by atomic mass is 10.0. The Hall–Kier alpha value is -1.62. The van der Waals surface area contributed by atoms with Gasteiger partial charge >= 0.3 is 0 Å². The average Bonchev–Trinajstić information content (AvgIpc) is 2.80.